The van der Waals surface area contributed by atoms with E-state index in [0.29, 0.717) is 11.1 Å². The molecule has 4 rings (SSSR count). The van der Waals surface area contributed by atoms with E-state index in [4.69, 9.17) is 0 Å². The molecule has 130 valence electrons. The van der Waals surface area contributed by atoms with Crippen LogP contribution < -0.4 is 10.2 Å². The Morgan fingerprint density at radius 1 is 0.923 bits per heavy atom. The summed E-state index contributed by atoms with van der Waals surface area (Å²) in [4.78, 5) is 15.0. The van der Waals surface area contributed by atoms with Crippen LogP contribution in [0.25, 0.3) is 0 Å². The van der Waals surface area contributed by atoms with Crippen LogP contribution in [0.1, 0.15) is 33.2 Å². The molecule has 0 radical (unpaired) electrons. The van der Waals surface area contributed by atoms with E-state index >= 15 is 0 Å². The minimum absolute atomic E-state index is 0.0985. The highest BCUT2D eigenvalue weighted by atomic mass is 19.1. The van der Waals surface area contributed by atoms with Gasteiger partial charge in [-0.2, -0.15) is 0 Å². The quantitative estimate of drug-likeness (QED) is 0.690. The Morgan fingerprint density at radius 2 is 1.65 bits per heavy atom. The third-order valence-corrected chi connectivity index (χ3v) is 4.58. The van der Waals surface area contributed by atoms with Crippen molar-refractivity contribution in [3.05, 3.63) is 94.8 Å². The van der Waals surface area contributed by atoms with Gasteiger partial charge in [-0.3, -0.25) is 9.69 Å². The molecule has 0 saturated carbocycles. The molecule has 4 heteroatoms. The van der Waals surface area contributed by atoms with Gasteiger partial charge in [0.25, 0.3) is 5.91 Å². The fourth-order valence-corrected chi connectivity index (χ4v) is 3.52. The predicted molar refractivity (Wildman–Crippen MR) is 102 cm³/mol. The molecule has 1 atom stereocenters. The molecule has 1 aliphatic rings. The predicted octanol–water partition coefficient (Wildman–Crippen LogP) is 5.21. The number of anilines is 2. The van der Waals surface area contributed by atoms with Gasteiger partial charge < -0.3 is 5.32 Å². The van der Waals surface area contributed by atoms with Crippen LogP contribution >= 0.6 is 0 Å². The minimum atomic E-state index is -0.478. The van der Waals surface area contributed by atoms with Crippen molar-refractivity contribution in [2.45, 2.75) is 20.0 Å². The second kappa shape index (κ2) is 6.30. The molecule has 1 amide bonds. The molecule has 1 aliphatic heterocycles. The van der Waals surface area contributed by atoms with E-state index in [2.05, 4.69) is 11.4 Å². The van der Waals surface area contributed by atoms with Crippen molar-refractivity contribution in [1.29, 1.82) is 0 Å². The van der Waals surface area contributed by atoms with Crippen molar-refractivity contribution in [3.8, 4) is 0 Å². The van der Waals surface area contributed by atoms with Crippen molar-refractivity contribution in [3.63, 3.8) is 0 Å². The van der Waals surface area contributed by atoms with Gasteiger partial charge in [0.05, 0.1) is 5.56 Å². The van der Waals surface area contributed by atoms with Crippen LogP contribution in [0.4, 0.5) is 15.8 Å². The summed E-state index contributed by atoms with van der Waals surface area (Å²) in [6, 6.07) is 19.8. The zero-order chi connectivity index (χ0) is 18.3. The number of hydrogen-bond acceptors (Lipinski definition) is 2. The van der Waals surface area contributed by atoms with E-state index < -0.39 is 6.17 Å². The van der Waals surface area contributed by atoms with Gasteiger partial charge in [-0.1, -0.05) is 30.3 Å². The Kier molecular flexibility index (Phi) is 3.96. The Hall–Kier alpha value is -3.14. The normalized spacial score (nSPS) is 16.2. The third kappa shape index (κ3) is 2.84. The monoisotopic (exact) mass is 346 g/mol. The Labute approximate surface area is 152 Å². The first-order valence-electron chi connectivity index (χ1n) is 8.56. The lowest BCUT2D eigenvalue weighted by Gasteiger charge is -2.38. The molecule has 0 fully saturated rings. The van der Waals surface area contributed by atoms with Crippen molar-refractivity contribution < 1.29 is 9.18 Å². The third-order valence-electron chi connectivity index (χ3n) is 4.58. The van der Waals surface area contributed by atoms with Gasteiger partial charge in [-0.25, -0.2) is 4.39 Å². The van der Waals surface area contributed by atoms with E-state index in [9.17, 15) is 9.18 Å². The first-order chi connectivity index (χ1) is 12.5. The van der Waals surface area contributed by atoms with E-state index in [-0.39, 0.29) is 11.7 Å². The molecule has 0 spiro atoms. The summed E-state index contributed by atoms with van der Waals surface area (Å²) < 4.78 is 13.8. The number of hydrogen-bond donors (Lipinski definition) is 1. The van der Waals surface area contributed by atoms with Crippen molar-refractivity contribution in [2.24, 2.45) is 0 Å². The zero-order valence-electron chi connectivity index (χ0n) is 14.7. The molecule has 1 N–H and O–H groups in total. The molecule has 0 aliphatic carbocycles. The molecule has 26 heavy (non-hydrogen) atoms. The zero-order valence-corrected chi connectivity index (χ0v) is 14.7. The molecular formula is C22H19FN2O. The highest BCUT2D eigenvalue weighted by Gasteiger charge is 2.34. The van der Waals surface area contributed by atoms with Crippen LogP contribution in [0.5, 0.6) is 0 Å². The number of nitrogens with zero attached hydrogens (tertiary/aromatic N) is 1. The first-order valence-corrected chi connectivity index (χ1v) is 8.56. The lowest BCUT2D eigenvalue weighted by Crippen LogP contribution is -2.43. The van der Waals surface area contributed by atoms with Gasteiger partial charge in [-0.05, 0) is 66.9 Å². The number of para-hydroxylation sites is 1. The summed E-state index contributed by atoms with van der Waals surface area (Å²) in [7, 11) is 0. The van der Waals surface area contributed by atoms with Gasteiger partial charge in [0.2, 0.25) is 0 Å². The maximum atomic E-state index is 13.8. The summed E-state index contributed by atoms with van der Waals surface area (Å²) in [6.07, 6.45) is -0.478. The fraction of sp³-hybridized carbons (Fsp3) is 0.136. The standard InChI is InChI=1S/C22H19FN2O/c1-14-10-15(2)12-18(11-14)25-21(16-6-5-7-17(23)13-16)24-20-9-4-3-8-19(20)22(25)26/h3-13,21,24H,1-2H3. The van der Waals surface area contributed by atoms with Crippen molar-refractivity contribution in [2.75, 3.05) is 10.2 Å². The van der Waals surface area contributed by atoms with Gasteiger partial charge in [-0.15, -0.1) is 0 Å². The Balaban J connectivity index is 1.90. The van der Waals surface area contributed by atoms with Crippen molar-refractivity contribution in [1.82, 2.24) is 0 Å². The maximum absolute atomic E-state index is 13.8. The molecular weight excluding hydrogens is 327 g/mol. The lowest BCUT2D eigenvalue weighted by atomic mass is 10.0. The largest absolute Gasteiger partial charge is 0.360 e. The average Bonchev–Trinajstić information content (AvgIpc) is 2.61. The van der Waals surface area contributed by atoms with Crippen LogP contribution in [-0.4, -0.2) is 5.91 Å². The minimum Gasteiger partial charge on any atom is -0.360 e. The Morgan fingerprint density at radius 3 is 2.38 bits per heavy atom. The number of benzene rings is 3. The smallest absolute Gasteiger partial charge is 0.262 e. The number of fused-ring (bicyclic) bond motifs is 1. The maximum Gasteiger partial charge on any atom is 0.262 e. The molecule has 3 aromatic rings. The topological polar surface area (TPSA) is 32.3 Å². The first kappa shape index (κ1) is 16.3. The number of carbonyl (C=O) groups excluding carboxylic acids is 1. The summed E-state index contributed by atoms with van der Waals surface area (Å²) in [5, 5.41) is 3.40. The average molecular weight is 346 g/mol. The molecule has 3 nitrogen and oxygen atoms in total. The number of carbonyl (C=O) groups is 1. The van der Waals surface area contributed by atoms with E-state index in [1.165, 1.54) is 12.1 Å². The summed E-state index contributed by atoms with van der Waals surface area (Å²) >= 11 is 0. The molecule has 0 bridgehead atoms. The molecule has 1 unspecified atom stereocenters. The highest BCUT2D eigenvalue weighted by Crippen LogP contribution is 2.37. The van der Waals surface area contributed by atoms with E-state index in [1.54, 1.807) is 11.0 Å². The van der Waals surface area contributed by atoms with E-state index in [1.807, 2.05) is 56.3 Å². The molecule has 0 aromatic heterocycles. The Bertz CT molecular complexity index is 979. The van der Waals surface area contributed by atoms with Crippen LogP contribution in [0.15, 0.2) is 66.7 Å². The van der Waals surface area contributed by atoms with Crippen LogP contribution in [0.3, 0.4) is 0 Å². The van der Waals surface area contributed by atoms with Gasteiger partial charge in [0.15, 0.2) is 0 Å². The fourth-order valence-electron chi connectivity index (χ4n) is 3.52. The summed E-state index contributed by atoms with van der Waals surface area (Å²) in [5.41, 5.74) is 5.01. The number of aryl methyl sites for hydroxylation is 2. The van der Waals surface area contributed by atoms with Gasteiger partial charge in [0.1, 0.15) is 12.0 Å². The second-order valence-corrected chi connectivity index (χ2v) is 6.67. The highest BCUT2D eigenvalue weighted by molar-refractivity contribution is 6.12. The summed E-state index contributed by atoms with van der Waals surface area (Å²) in [5.74, 6) is -0.422. The second-order valence-electron chi connectivity index (χ2n) is 6.67. The molecule has 1 heterocycles. The number of amides is 1. The SMILES string of the molecule is Cc1cc(C)cc(N2C(=O)c3ccccc3NC2c2cccc(F)c2)c1. The number of halogens is 1. The number of rotatable bonds is 2. The van der Waals surface area contributed by atoms with E-state index in [0.717, 1.165) is 22.5 Å². The van der Waals surface area contributed by atoms with Gasteiger partial charge in [0, 0.05) is 11.4 Å². The van der Waals surface area contributed by atoms with Crippen LogP contribution in [0.2, 0.25) is 0 Å². The van der Waals surface area contributed by atoms with Crippen molar-refractivity contribution >= 4 is 17.3 Å². The van der Waals surface area contributed by atoms with Crippen LogP contribution in [-0.2, 0) is 0 Å². The lowest BCUT2D eigenvalue weighted by molar-refractivity contribution is 0.0975. The molecule has 3 aromatic carbocycles. The van der Waals surface area contributed by atoms with Gasteiger partial charge >= 0.3 is 0 Å². The van der Waals surface area contributed by atoms with Crippen LogP contribution in [0, 0.1) is 19.7 Å². The number of nitrogens with one attached hydrogen (secondary N) is 1. The molecule has 0 saturated heterocycles. The summed E-state index contributed by atoms with van der Waals surface area (Å²) in [6.45, 7) is 4.01.